The van der Waals surface area contributed by atoms with Crippen molar-refractivity contribution in [1.82, 2.24) is 20.8 Å². The first-order chi connectivity index (χ1) is 12.3. The third-order valence-corrected chi connectivity index (χ3v) is 5.91. The van der Waals surface area contributed by atoms with Gasteiger partial charge in [-0.05, 0) is 12.5 Å². The molecule has 0 bridgehead atoms. The number of sulfone groups is 1. The van der Waals surface area contributed by atoms with Gasteiger partial charge in [-0.3, -0.25) is 14.4 Å². The minimum Gasteiger partial charge on any atom is -0.351 e. The van der Waals surface area contributed by atoms with Crippen molar-refractivity contribution >= 4 is 32.4 Å². The lowest BCUT2D eigenvalue weighted by Gasteiger charge is -2.11. The minimum atomic E-state index is -3.08. The number of nitrogens with one attached hydrogen (secondary N) is 3. The number of nitrogens with zero attached hydrogens (tertiary/aromatic N) is 1. The lowest BCUT2D eigenvalue weighted by Crippen LogP contribution is -2.42. The van der Waals surface area contributed by atoms with Crippen LogP contribution in [0.4, 0.5) is 0 Å². The summed E-state index contributed by atoms with van der Waals surface area (Å²) in [6.07, 6.45) is 0.289. The zero-order chi connectivity index (χ0) is 18.7. The van der Waals surface area contributed by atoms with Crippen molar-refractivity contribution in [3.8, 4) is 0 Å². The molecule has 0 radical (unpaired) electrons. The molecule has 2 heterocycles. The van der Waals surface area contributed by atoms with Gasteiger partial charge in [0.2, 0.25) is 11.8 Å². The van der Waals surface area contributed by atoms with E-state index >= 15 is 0 Å². The topological polar surface area (TPSA) is 138 Å². The molecule has 1 aromatic heterocycles. The second-order valence-electron chi connectivity index (χ2n) is 6.17. The van der Waals surface area contributed by atoms with Crippen molar-refractivity contribution in [3.05, 3.63) is 40.3 Å². The van der Waals surface area contributed by atoms with E-state index in [1.807, 2.05) is 0 Å². The summed E-state index contributed by atoms with van der Waals surface area (Å²) in [5.74, 6) is -0.876. The van der Waals surface area contributed by atoms with Crippen LogP contribution in [0.5, 0.6) is 0 Å². The van der Waals surface area contributed by atoms with E-state index in [0.717, 1.165) is 0 Å². The zero-order valence-electron chi connectivity index (χ0n) is 13.8. The summed E-state index contributed by atoms with van der Waals surface area (Å²) in [6.45, 7) is -0.253. The van der Waals surface area contributed by atoms with Gasteiger partial charge in [-0.1, -0.05) is 18.2 Å². The Morgan fingerprint density at radius 2 is 1.92 bits per heavy atom. The van der Waals surface area contributed by atoms with Gasteiger partial charge in [-0.2, -0.15) is 5.10 Å². The van der Waals surface area contributed by atoms with Crippen LogP contribution in [0, 0.1) is 0 Å². The van der Waals surface area contributed by atoms with Crippen LogP contribution in [0.25, 0.3) is 10.8 Å². The molecule has 2 amide bonds. The molecule has 1 saturated heterocycles. The molecule has 0 unspecified atom stereocenters. The van der Waals surface area contributed by atoms with Crippen LogP contribution < -0.4 is 16.2 Å². The third-order valence-electron chi connectivity index (χ3n) is 4.15. The molecule has 9 nitrogen and oxygen atoms in total. The molecule has 1 fully saturated rings. The van der Waals surface area contributed by atoms with Gasteiger partial charge in [-0.25, -0.2) is 13.5 Å². The molecule has 10 heteroatoms. The molecule has 0 spiro atoms. The molecule has 1 aliphatic heterocycles. The number of H-pyrrole nitrogens is 1. The summed E-state index contributed by atoms with van der Waals surface area (Å²) < 4.78 is 22.7. The van der Waals surface area contributed by atoms with E-state index in [0.29, 0.717) is 22.9 Å². The first kappa shape index (κ1) is 18.1. The van der Waals surface area contributed by atoms with E-state index in [9.17, 15) is 22.8 Å². The average molecular weight is 378 g/mol. The lowest BCUT2D eigenvalue weighted by molar-refractivity contribution is -0.126. The third kappa shape index (κ3) is 4.26. The lowest BCUT2D eigenvalue weighted by atomic mass is 10.1. The maximum Gasteiger partial charge on any atom is 0.272 e. The molecule has 1 aliphatic rings. The first-order valence-corrected chi connectivity index (χ1v) is 9.89. The van der Waals surface area contributed by atoms with Gasteiger partial charge in [0.05, 0.1) is 35.6 Å². The Bertz CT molecular complexity index is 1010. The van der Waals surface area contributed by atoms with E-state index in [1.165, 1.54) is 0 Å². The Hall–Kier alpha value is -2.75. The number of fused-ring (bicyclic) bond motifs is 1. The number of benzene rings is 1. The highest BCUT2D eigenvalue weighted by Gasteiger charge is 2.28. The van der Waals surface area contributed by atoms with Crippen LogP contribution in [0.3, 0.4) is 0 Å². The van der Waals surface area contributed by atoms with Crippen LogP contribution >= 0.6 is 0 Å². The summed E-state index contributed by atoms with van der Waals surface area (Å²) in [5.41, 5.74) is 0.0654. The first-order valence-electron chi connectivity index (χ1n) is 8.07. The SMILES string of the molecule is O=C(Cc1n[nH]c(=O)c2ccccc12)NCC(=O)N[C@H]1CCS(=O)(=O)C1. The molecular formula is C16H18N4O5S. The van der Waals surface area contributed by atoms with Gasteiger partial charge >= 0.3 is 0 Å². The normalized spacial score (nSPS) is 18.5. The quantitative estimate of drug-likeness (QED) is 0.603. The van der Waals surface area contributed by atoms with Gasteiger partial charge in [0, 0.05) is 11.4 Å². The number of carbonyl (C=O) groups excluding carboxylic acids is 2. The van der Waals surface area contributed by atoms with Crippen LogP contribution in [0.2, 0.25) is 0 Å². The van der Waals surface area contributed by atoms with Crippen molar-refractivity contribution in [2.75, 3.05) is 18.1 Å². The predicted octanol–water partition coefficient (Wildman–Crippen LogP) is -1.11. The highest BCUT2D eigenvalue weighted by Crippen LogP contribution is 2.13. The highest BCUT2D eigenvalue weighted by molar-refractivity contribution is 7.91. The molecular weight excluding hydrogens is 360 g/mol. The molecule has 1 atom stereocenters. The fraction of sp³-hybridized carbons (Fsp3) is 0.375. The fourth-order valence-electron chi connectivity index (χ4n) is 2.89. The summed E-state index contributed by atoms with van der Waals surface area (Å²) in [6, 6.07) is 6.39. The number of carbonyl (C=O) groups is 2. The van der Waals surface area contributed by atoms with E-state index < -0.39 is 27.7 Å². The van der Waals surface area contributed by atoms with E-state index in [2.05, 4.69) is 20.8 Å². The second-order valence-corrected chi connectivity index (χ2v) is 8.39. The Morgan fingerprint density at radius 1 is 1.19 bits per heavy atom. The molecule has 0 saturated carbocycles. The molecule has 26 heavy (non-hydrogen) atoms. The number of hydrogen-bond donors (Lipinski definition) is 3. The number of amides is 2. The summed E-state index contributed by atoms with van der Waals surface area (Å²) in [5, 5.41) is 12.3. The molecule has 3 rings (SSSR count). The standard InChI is InChI=1S/C16H18N4O5S/c21-14(17-8-15(22)18-10-5-6-26(24,25)9-10)7-13-11-3-1-2-4-12(11)16(23)20-19-13/h1-4,10H,5-9H2,(H,17,21)(H,18,22)(H,20,23)/t10-/m0/s1. The fourth-order valence-corrected chi connectivity index (χ4v) is 4.56. The second kappa shape index (κ2) is 7.24. The summed E-state index contributed by atoms with van der Waals surface area (Å²) in [4.78, 5) is 35.6. The van der Waals surface area contributed by atoms with Crippen molar-refractivity contribution in [2.45, 2.75) is 18.9 Å². The Balaban J connectivity index is 1.56. The van der Waals surface area contributed by atoms with Crippen LogP contribution in [-0.4, -0.2) is 54.5 Å². The maximum absolute atomic E-state index is 12.1. The molecule has 0 aliphatic carbocycles. The molecule has 2 aromatic rings. The van der Waals surface area contributed by atoms with E-state index in [4.69, 9.17) is 0 Å². The zero-order valence-corrected chi connectivity index (χ0v) is 14.6. The maximum atomic E-state index is 12.1. The number of aromatic amines is 1. The highest BCUT2D eigenvalue weighted by atomic mass is 32.2. The minimum absolute atomic E-state index is 0.0647. The number of aromatic nitrogens is 2. The van der Waals surface area contributed by atoms with Crippen molar-refractivity contribution < 1.29 is 18.0 Å². The van der Waals surface area contributed by atoms with E-state index in [1.54, 1.807) is 24.3 Å². The molecule has 3 N–H and O–H groups in total. The predicted molar refractivity (Wildman–Crippen MR) is 94.3 cm³/mol. The monoisotopic (exact) mass is 378 g/mol. The van der Waals surface area contributed by atoms with Gasteiger partial charge < -0.3 is 10.6 Å². The summed E-state index contributed by atoms with van der Waals surface area (Å²) in [7, 11) is -3.08. The largest absolute Gasteiger partial charge is 0.351 e. The van der Waals surface area contributed by atoms with Gasteiger partial charge in [-0.15, -0.1) is 0 Å². The number of hydrogen-bond acceptors (Lipinski definition) is 6. The Labute approximate surface area is 149 Å². The van der Waals surface area contributed by atoms with Crippen LogP contribution in [0.15, 0.2) is 29.1 Å². The van der Waals surface area contributed by atoms with Crippen molar-refractivity contribution in [3.63, 3.8) is 0 Å². The van der Waals surface area contributed by atoms with E-state index in [-0.39, 0.29) is 30.0 Å². The smallest absolute Gasteiger partial charge is 0.272 e. The molecule has 138 valence electrons. The number of rotatable bonds is 5. The van der Waals surface area contributed by atoms with Crippen LogP contribution in [-0.2, 0) is 25.8 Å². The van der Waals surface area contributed by atoms with Gasteiger partial charge in [0.25, 0.3) is 5.56 Å². The van der Waals surface area contributed by atoms with Crippen LogP contribution in [0.1, 0.15) is 12.1 Å². The summed E-state index contributed by atoms with van der Waals surface area (Å²) >= 11 is 0. The van der Waals surface area contributed by atoms with Crippen molar-refractivity contribution in [1.29, 1.82) is 0 Å². The van der Waals surface area contributed by atoms with Gasteiger partial charge in [0.15, 0.2) is 9.84 Å². The average Bonchev–Trinajstić information content (AvgIpc) is 2.94. The van der Waals surface area contributed by atoms with Crippen molar-refractivity contribution in [2.24, 2.45) is 0 Å². The Kier molecular flexibility index (Phi) is 5.03. The van der Waals surface area contributed by atoms with Gasteiger partial charge in [0.1, 0.15) is 0 Å². The molecule has 1 aromatic carbocycles. The Morgan fingerprint density at radius 3 is 2.62 bits per heavy atom.